The summed E-state index contributed by atoms with van der Waals surface area (Å²) in [7, 11) is 1.79. The Hall–Kier alpha value is -1.84. The van der Waals surface area contributed by atoms with Crippen LogP contribution in [0.5, 0.6) is 0 Å². The number of rotatable bonds is 5. The van der Waals surface area contributed by atoms with Crippen molar-refractivity contribution in [2.45, 2.75) is 32.6 Å². The molecule has 0 aliphatic carbocycles. The van der Waals surface area contributed by atoms with E-state index in [4.69, 9.17) is 5.73 Å². The molecule has 2 rings (SSSR count). The molecule has 2 aromatic rings. The van der Waals surface area contributed by atoms with Gasteiger partial charge in [-0.15, -0.1) is 0 Å². The highest BCUT2D eigenvalue weighted by Gasteiger charge is 2.17. The summed E-state index contributed by atoms with van der Waals surface area (Å²) in [6.07, 6.45) is 4.18. The lowest BCUT2D eigenvalue weighted by Gasteiger charge is -2.05. The molecule has 3 nitrogen and oxygen atoms in total. The average molecular weight is 261 g/mol. The molecule has 0 saturated heterocycles. The lowest BCUT2D eigenvalue weighted by Crippen LogP contribution is -1.98. The highest BCUT2D eigenvalue weighted by molar-refractivity contribution is 5.77. The predicted octanol–water partition coefficient (Wildman–Crippen LogP) is 3.54. The van der Waals surface area contributed by atoms with Crippen molar-refractivity contribution in [3.8, 4) is 11.1 Å². The molecule has 1 aromatic carbocycles. The van der Waals surface area contributed by atoms with Crippen molar-refractivity contribution < 1.29 is 4.39 Å². The summed E-state index contributed by atoms with van der Waals surface area (Å²) in [6.45, 7) is 2.16. The minimum Gasteiger partial charge on any atom is -0.383 e. The van der Waals surface area contributed by atoms with Crippen LogP contribution in [0.15, 0.2) is 24.3 Å². The molecule has 0 aliphatic heterocycles. The number of hydrogen-bond acceptors (Lipinski definition) is 2. The highest BCUT2D eigenvalue weighted by atomic mass is 19.1. The molecule has 102 valence electrons. The Morgan fingerprint density at radius 1 is 1.26 bits per heavy atom. The number of nitrogen functional groups attached to an aromatic ring is 1. The molecule has 0 saturated carbocycles. The second-order valence-electron chi connectivity index (χ2n) is 4.77. The molecule has 0 aliphatic rings. The minimum absolute atomic E-state index is 0.251. The van der Waals surface area contributed by atoms with Crippen molar-refractivity contribution in [2.75, 3.05) is 5.73 Å². The maximum absolute atomic E-state index is 13.9. The number of hydrogen-bond donors (Lipinski definition) is 1. The predicted molar refractivity (Wildman–Crippen MR) is 76.2 cm³/mol. The third-order valence-corrected chi connectivity index (χ3v) is 3.32. The fourth-order valence-electron chi connectivity index (χ4n) is 2.27. The van der Waals surface area contributed by atoms with Crippen LogP contribution in [-0.4, -0.2) is 9.78 Å². The second-order valence-corrected chi connectivity index (χ2v) is 4.77. The molecule has 2 N–H and O–H groups in total. The topological polar surface area (TPSA) is 43.8 Å². The van der Waals surface area contributed by atoms with Crippen molar-refractivity contribution >= 4 is 5.82 Å². The van der Waals surface area contributed by atoms with Gasteiger partial charge in [-0.25, -0.2) is 4.39 Å². The van der Waals surface area contributed by atoms with Crippen LogP contribution in [0.3, 0.4) is 0 Å². The van der Waals surface area contributed by atoms with Gasteiger partial charge in [-0.3, -0.25) is 4.68 Å². The third kappa shape index (κ3) is 2.78. The molecule has 0 unspecified atom stereocenters. The Kier molecular flexibility index (Phi) is 4.20. The third-order valence-electron chi connectivity index (χ3n) is 3.32. The van der Waals surface area contributed by atoms with Gasteiger partial charge in [0.2, 0.25) is 0 Å². The molecule has 0 atom stereocenters. The summed E-state index contributed by atoms with van der Waals surface area (Å²) >= 11 is 0. The summed E-state index contributed by atoms with van der Waals surface area (Å²) in [5, 5.41) is 4.42. The summed E-state index contributed by atoms with van der Waals surface area (Å²) in [4.78, 5) is 0. The molecule has 0 spiro atoms. The maximum Gasteiger partial charge on any atom is 0.131 e. The van der Waals surface area contributed by atoms with E-state index >= 15 is 0 Å². The van der Waals surface area contributed by atoms with Crippen LogP contribution in [0.25, 0.3) is 11.1 Å². The van der Waals surface area contributed by atoms with Crippen LogP contribution in [0.4, 0.5) is 10.2 Å². The molecular weight excluding hydrogens is 241 g/mol. The highest BCUT2D eigenvalue weighted by Crippen LogP contribution is 2.32. The van der Waals surface area contributed by atoms with E-state index in [0.717, 1.165) is 36.9 Å². The van der Waals surface area contributed by atoms with E-state index in [0.29, 0.717) is 11.4 Å². The van der Waals surface area contributed by atoms with Gasteiger partial charge in [0.05, 0.1) is 5.69 Å². The summed E-state index contributed by atoms with van der Waals surface area (Å²) in [6, 6.07) is 6.71. The van der Waals surface area contributed by atoms with Gasteiger partial charge >= 0.3 is 0 Å². The number of anilines is 1. The van der Waals surface area contributed by atoms with Crippen molar-refractivity contribution in [1.82, 2.24) is 9.78 Å². The van der Waals surface area contributed by atoms with E-state index in [1.807, 2.05) is 6.07 Å². The number of benzene rings is 1. The van der Waals surface area contributed by atoms with Gasteiger partial charge in [-0.05, 0) is 18.9 Å². The zero-order chi connectivity index (χ0) is 13.8. The van der Waals surface area contributed by atoms with E-state index in [2.05, 4.69) is 12.0 Å². The first-order chi connectivity index (χ1) is 9.15. The van der Waals surface area contributed by atoms with Crippen molar-refractivity contribution in [1.29, 1.82) is 0 Å². The molecular formula is C15H20FN3. The van der Waals surface area contributed by atoms with Crippen LogP contribution < -0.4 is 5.73 Å². The number of halogens is 1. The lowest BCUT2D eigenvalue weighted by molar-refractivity contribution is 0.631. The smallest absolute Gasteiger partial charge is 0.131 e. The molecule has 0 fully saturated rings. The molecule has 19 heavy (non-hydrogen) atoms. The summed E-state index contributed by atoms with van der Waals surface area (Å²) in [5.41, 5.74) is 8.22. The van der Waals surface area contributed by atoms with Gasteiger partial charge in [-0.1, -0.05) is 38.0 Å². The van der Waals surface area contributed by atoms with Crippen LogP contribution in [0.2, 0.25) is 0 Å². The molecule has 0 radical (unpaired) electrons. The van der Waals surface area contributed by atoms with Gasteiger partial charge in [0, 0.05) is 18.2 Å². The van der Waals surface area contributed by atoms with Crippen molar-refractivity contribution in [3.63, 3.8) is 0 Å². The van der Waals surface area contributed by atoms with E-state index in [9.17, 15) is 4.39 Å². The van der Waals surface area contributed by atoms with Crippen LogP contribution >= 0.6 is 0 Å². The fourth-order valence-corrected chi connectivity index (χ4v) is 2.27. The first kappa shape index (κ1) is 13.6. The van der Waals surface area contributed by atoms with Crippen LogP contribution in [-0.2, 0) is 13.5 Å². The zero-order valence-electron chi connectivity index (χ0n) is 11.5. The number of aryl methyl sites for hydroxylation is 2. The lowest BCUT2D eigenvalue weighted by atomic mass is 10.0. The first-order valence-electron chi connectivity index (χ1n) is 6.71. The number of aromatic nitrogens is 2. The molecule has 0 amide bonds. The minimum atomic E-state index is -0.251. The molecule has 1 heterocycles. The first-order valence-corrected chi connectivity index (χ1v) is 6.71. The van der Waals surface area contributed by atoms with Gasteiger partial charge in [0.15, 0.2) is 0 Å². The zero-order valence-corrected chi connectivity index (χ0v) is 11.5. The number of nitrogens with zero attached hydrogens (tertiary/aromatic N) is 2. The van der Waals surface area contributed by atoms with Gasteiger partial charge < -0.3 is 5.73 Å². The summed E-state index contributed by atoms with van der Waals surface area (Å²) < 4.78 is 15.6. The molecule has 4 heteroatoms. The van der Waals surface area contributed by atoms with E-state index in [-0.39, 0.29) is 5.82 Å². The van der Waals surface area contributed by atoms with Gasteiger partial charge in [-0.2, -0.15) is 5.10 Å². The SMILES string of the molecule is CCCCCc1nn(C)c(N)c1-c1ccccc1F. The normalized spacial score (nSPS) is 10.9. The quantitative estimate of drug-likeness (QED) is 0.837. The Morgan fingerprint density at radius 3 is 2.68 bits per heavy atom. The van der Waals surface area contributed by atoms with Crippen molar-refractivity contribution in [3.05, 3.63) is 35.8 Å². The summed E-state index contributed by atoms with van der Waals surface area (Å²) in [5.74, 6) is 0.274. The average Bonchev–Trinajstić information content (AvgIpc) is 2.67. The standard InChI is InChI=1S/C15H20FN3/c1-3-4-5-10-13-14(15(17)19(2)18-13)11-8-6-7-9-12(11)16/h6-9H,3-5,10,17H2,1-2H3. The second kappa shape index (κ2) is 5.87. The van der Waals surface area contributed by atoms with E-state index < -0.39 is 0 Å². The number of unbranched alkanes of at least 4 members (excludes halogenated alkanes) is 2. The van der Waals surface area contributed by atoms with Crippen LogP contribution in [0, 0.1) is 5.82 Å². The van der Waals surface area contributed by atoms with Crippen molar-refractivity contribution in [2.24, 2.45) is 7.05 Å². The largest absolute Gasteiger partial charge is 0.383 e. The Bertz CT molecular complexity index is 561. The Morgan fingerprint density at radius 2 is 2.00 bits per heavy atom. The Labute approximate surface area is 113 Å². The van der Waals surface area contributed by atoms with Gasteiger partial charge in [0.1, 0.15) is 11.6 Å². The molecule has 1 aromatic heterocycles. The van der Waals surface area contributed by atoms with E-state index in [1.54, 1.807) is 23.9 Å². The molecule has 0 bridgehead atoms. The number of nitrogens with two attached hydrogens (primary N) is 1. The van der Waals surface area contributed by atoms with Crippen LogP contribution in [0.1, 0.15) is 31.9 Å². The fraction of sp³-hybridized carbons (Fsp3) is 0.400. The van der Waals surface area contributed by atoms with E-state index in [1.165, 1.54) is 6.07 Å². The Balaban J connectivity index is 2.41. The monoisotopic (exact) mass is 261 g/mol. The van der Waals surface area contributed by atoms with Gasteiger partial charge in [0.25, 0.3) is 0 Å². The maximum atomic E-state index is 13.9.